The van der Waals surface area contributed by atoms with Crippen LogP contribution >= 0.6 is 34.5 Å². The molecule has 0 aliphatic carbocycles. The van der Waals surface area contributed by atoms with Gasteiger partial charge in [0.05, 0.1) is 5.88 Å². The Morgan fingerprint density at radius 3 is 2.61 bits per heavy atom. The van der Waals surface area contributed by atoms with E-state index < -0.39 is 0 Å². The minimum atomic E-state index is 0.361. The number of hydrogen-bond donors (Lipinski definition) is 0. The Morgan fingerprint density at radius 1 is 1.17 bits per heavy atom. The van der Waals surface area contributed by atoms with Crippen LogP contribution in [-0.4, -0.2) is 0 Å². The summed E-state index contributed by atoms with van der Waals surface area (Å²) in [6.07, 6.45) is 1.06. The molecule has 96 valence electrons. The van der Waals surface area contributed by atoms with Crippen molar-refractivity contribution in [3.63, 3.8) is 0 Å². The van der Waals surface area contributed by atoms with Gasteiger partial charge < -0.3 is 4.74 Å². The van der Waals surface area contributed by atoms with Crippen LogP contribution < -0.4 is 4.74 Å². The van der Waals surface area contributed by atoms with Crippen molar-refractivity contribution in [2.75, 3.05) is 0 Å². The van der Waals surface area contributed by atoms with E-state index in [1.807, 2.05) is 18.2 Å². The molecule has 2 aromatic rings. The van der Waals surface area contributed by atoms with Crippen LogP contribution in [0.1, 0.15) is 22.2 Å². The molecule has 0 unspecified atom stereocenters. The third-order valence-electron chi connectivity index (χ3n) is 2.65. The van der Waals surface area contributed by atoms with Crippen LogP contribution in [0.25, 0.3) is 0 Å². The van der Waals surface area contributed by atoms with Gasteiger partial charge >= 0.3 is 0 Å². The minimum Gasteiger partial charge on any atom is -0.488 e. The highest BCUT2D eigenvalue weighted by Crippen LogP contribution is 2.29. The topological polar surface area (TPSA) is 9.23 Å². The van der Waals surface area contributed by atoms with Gasteiger partial charge in [0.15, 0.2) is 0 Å². The summed E-state index contributed by atoms with van der Waals surface area (Å²) in [5, 5.41) is 0.655. The molecule has 1 heterocycles. The Kier molecular flexibility index (Phi) is 4.93. The summed E-state index contributed by atoms with van der Waals surface area (Å²) in [5.41, 5.74) is 0.855. The Hall–Kier alpha value is -0.700. The first-order valence-electron chi connectivity index (χ1n) is 5.78. The zero-order chi connectivity index (χ0) is 13.0. The summed E-state index contributed by atoms with van der Waals surface area (Å²) < 4.78 is 5.79. The first-order valence-corrected chi connectivity index (χ1v) is 7.51. The van der Waals surface area contributed by atoms with Gasteiger partial charge in [0.1, 0.15) is 12.4 Å². The zero-order valence-electron chi connectivity index (χ0n) is 10.1. The van der Waals surface area contributed by atoms with Crippen LogP contribution in [0, 0.1) is 0 Å². The number of benzene rings is 1. The van der Waals surface area contributed by atoms with Crippen molar-refractivity contribution in [1.29, 1.82) is 0 Å². The second-order valence-electron chi connectivity index (χ2n) is 3.86. The highest BCUT2D eigenvalue weighted by molar-refractivity contribution is 7.11. The van der Waals surface area contributed by atoms with E-state index in [9.17, 15) is 0 Å². The van der Waals surface area contributed by atoms with E-state index in [0.29, 0.717) is 17.5 Å². The maximum absolute atomic E-state index is 6.08. The number of aryl methyl sites for hydroxylation is 1. The summed E-state index contributed by atoms with van der Waals surface area (Å²) in [6, 6.07) is 9.85. The fourth-order valence-electron chi connectivity index (χ4n) is 1.64. The largest absolute Gasteiger partial charge is 0.488 e. The van der Waals surface area contributed by atoms with E-state index in [0.717, 1.165) is 17.7 Å². The van der Waals surface area contributed by atoms with Crippen LogP contribution in [-0.2, 0) is 18.9 Å². The van der Waals surface area contributed by atoms with Crippen molar-refractivity contribution < 1.29 is 4.74 Å². The average Bonchev–Trinajstić information content (AvgIpc) is 2.84. The van der Waals surface area contributed by atoms with Gasteiger partial charge in [-0.05, 0) is 30.7 Å². The van der Waals surface area contributed by atoms with Gasteiger partial charge in [-0.15, -0.1) is 22.9 Å². The monoisotopic (exact) mass is 300 g/mol. The fourth-order valence-corrected chi connectivity index (χ4v) is 3.09. The molecule has 0 aliphatic heterocycles. The maximum Gasteiger partial charge on any atom is 0.125 e. The smallest absolute Gasteiger partial charge is 0.125 e. The van der Waals surface area contributed by atoms with E-state index >= 15 is 0 Å². The number of hydrogen-bond acceptors (Lipinski definition) is 2. The summed E-state index contributed by atoms with van der Waals surface area (Å²) in [7, 11) is 0. The van der Waals surface area contributed by atoms with Crippen LogP contribution in [0.5, 0.6) is 5.75 Å². The van der Waals surface area contributed by atoms with E-state index in [4.69, 9.17) is 27.9 Å². The average molecular weight is 301 g/mol. The summed E-state index contributed by atoms with van der Waals surface area (Å²) in [6.45, 7) is 2.72. The molecule has 4 heteroatoms. The standard InChI is InChI=1S/C14H14Cl2OS/c1-2-10-6-7-11(18-10)9-17-14-5-3-4-13(16)12(14)8-15/h3-7H,2,8-9H2,1H3. The quantitative estimate of drug-likeness (QED) is 0.683. The molecule has 1 nitrogen and oxygen atoms in total. The van der Waals surface area contributed by atoms with Gasteiger partial charge in [-0.3, -0.25) is 0 Å². The van der Waals surface area contributed by atoms with Crippen molar-refractivity contribution in [1.82, 2.24) is 0 Å². The van der Waals surface area contributed by atoms with Crippen molar-refractivity contribution in [2.24, 2.45) is 0 Å². The van der Waals surface area contributed by atoms with Gasteiger partial charge in [0.25, 0.3) is 0 Å². The number of alkyl halides is 1. The number of halogens is 2. The SMILES string of the molecule is CCc1ccc(COc2cccc(Cl)c2CCl)s1. The van der Waals surface area contributed by atoms with Gasteiger partial charge in [0, 0.05) is 20.3 Å². The first kappa shape index (κ1) is 13.7. The molecule has 0 atom stereocenters. The lowest BCUT2D eigenvalue weighted by Gasteiger charge is -2.10. The fraction of sp³-hybridized carbons (Fsp3) is 0.286. The molecular formula is C14H14Cl2OS. The molecule has 2 rings (SSSR count). The van der Waals surface area contributed by atoms with E-state index in [1.165, 1.54) is 9.75 Å². The second-order valence-corrected chi connectivity index (χ2v) is 5.79. The van der Waals surface area contributed by atoms with Crippen molar-refractivity contribution in [2.45, 2.75) is 25.8 Å². The van der Waals surface area contributed by atoms with Crippen LogP contribution in [0.15, 0.2) is 30.3 Å². The Morgan fingerprint density at radius 2 is 1.94 bits per heavy atom. The van der Waals surface area contributed by atoms with Crippen LogP contribution in [0.2, 0.25) is 5.02 Å². The number of thiophene rings is 1. The normalized spacial score (nSPS) is 10.6. The molecule has 0 aliphatic rings. The molecule has 0 amide bonds. The zero-order valence-corrected chi connectivity index (χ0v) is 12.4. The lowest BCUT2D eigenvalue weighted by Crippen LogP contribution is -1.96. The van der Waals surface area contributed by atoms with E-state index in [1.54, 1.807) is 11.3 Å². The molecule has 18 heavy (non-hydrogen) atoms. The van der Waals surface area contributed by atoms with Crippen molar-refractivity contribution >= 4 is 34.5 Å². The van der Waals surface area contributed by atoms with Gasteiger partial charge in [0.2, 0.25) is 0 Å². The summed E-state index contributed by atoms with van der Waals surface area (Å²) in [4.78, 5) is 2.59. The molecule has 0 radical (unpaired) electrons. The summed E-state index contributed by atoms with van der Waals surface area (Å²) in [5.74, 6) is 1.13. The Labute approximate surface area is 121 Å². The van der Waals surface area contributed by atoms with Gasteiger partial charge in [-0.2, -0.15) is 0 Å². The third kappa shape index (κ3) is 3.19. The molecule has 1 aromatic heterocycles. The van der Waals surface area contributed by atoms with Crippen molar-refractivity contribution in [3.05, 3.63) is 50.7 Å². The Balaban J connectivity index is 2.08. The van der Waals surface area contributed by atoms with Gasteiger partial charge in [-0.1, -0.05) is 24.6 Å². The van der Waals surface area contributed by atoms with E-state index in [-0.39, 0.29) is 0 Å². The van der Waals surface area contributed by atoms with Gasteiger partial charge in [-0.25, -0.2) is 0 Å². The minimum absolute atomic E-state index is 0.361. The first-order chi connectivity index (χ1) is 8.74. The van der Waals surface area contributed by atoms with Crippen LogP contribution in [0.4, 0.5) is 0 Å². The number of rotatable bonds is 5. The third-order valence-corrected chi connectivity index (χ3v) is 4.47. The molecule has 0 N–H and O–H groups in total. The van der Waals surface area contributed by atoms with Crippen molar-refractivity contribution in [3.8, 4) is 5.75 Å². The van der Waals surface area contributed by atoms with Crippen LogP contribution in [0.3, 0.4) is 0 Å². The molecular weight excluding hydrogens is 287 g/mol. The highest BCUT2D eigenvalue weighted by Gasteiger charge is 2.07. The Bertz CT molecular complexity index is 522. The predicted octanol–water partition coefficient (Wildman–Crippen LogP) is 5.28. The predicted molar refractivity (Wildman–Crippen MR) is 79.0 cm³/mol. The lowest BCUT2D eigenvalue weighted by molar-refractivity contribution is 0.307. The number of ether oxygens (including phenoxy) is 1. The lowest BCUT2D eigenvalue weighted by atomic mass is 10.2. The van der Waals surface area contributed by atoms with E-state index in [2.05, 4.69) is 19.1 Å². The highest BCUT2D eigenvalue weighted by atomic mass is 35.5. The molecule has 0 spiro atoms. The molecule has 0 saturated carbocycles. The molecule has 1 aromatic carbocycles. The summed E-state index contributed by atoms with van der Waals surface area (Å²) >= 11 is 13.7. The second kappa shape index (κ2) is 6.46. The maximum atomic E-state index is 6.08. The molecule has 0 saturated heterocycles. The molecule has 0 bridgehead atoms. The molecule has 0 fully saturated rings.